The summed E-state index contributed by atoms with van der Waals surface area (Å²) in [5.74, 6) is -0.0117. The average Bonchev–Trinajstić information content (AvgIpc) is 3.24. The van der Waals surface area contributed by atoms with Crippen molar-refractivity contribution in [2.24, 2.45) is 0 Å². The van der Waals surface area contributed by atoms with Crippen LogP contribution in [0.5, 0.6) is 0 Å². The van der Waals surface area contributed by atoms with Gasteiger partial charge in [0, 0.05) is 12.5 Å². The smallest absolute Gasteiger partial charge is 0.293 e. The molecule has 1 aromatic heterocycles. The van der Waals surface area contributed by atoms with Crippen LogP contribution in [0.3, 0.4) is 0 Å². The molecule has 28 heteroatoms. The van der Waals surface area contributed by atoms with Crippen LogP contribution in [0.2, 0.25) is 0 Å². The fourth-order valence-electron chi connectivity index (χ4n) is 7.58. The van der Waals surface area contributed by atoms with Crippen molar-refractivity contribution in [2.75, 3.05) is 0 Å². The van der Waals surface area contributed by atoms with E-state index in [1.165, 1.54) is 12.5 Å². The van der Waals surface area contributed by atoms with E-state index >= 15 is 0 Å². The standard InChI is InChI=1S/C32H12BF24.C13H13N2O/c34-25(35,36)13-1-14(26(37,38)39)6-21(5-13)33(22-7-15(27(40,41)42)2-16(8-22)28(43,44)45,23-9-17(29(46,47)48)3-18(10-23)30(49,50)51)24-11-19(31(52,53)54)4-20(12-24)32(55,56)57;1-11(16)13-10-15(8-7-14-13)9-12-5-3-2-4-6-12/h1-12H;2-8,10H,9H2,1H3/q-1;+1. The van der Waals surface area contributed by atoms with Gasteiger partial charge in [0.25, 0.3) is 0 Å². The van der Waals surface area contributed by atoms with E-state index in [9.17, 15) is 110 Å². The Kier molecular flexibility index (Phi) is 15.3. The van der Waals surface area contributed by atoms with E-state index in [1.54, 1.807) is 12.4 Å². The van der Waals surface area contributed by atoms with Gasteiger partial charge >= 0.3 is 49.4 Å². The summed E-state index contributed by atoms with van der Waals surface area (Å²) < 4.78 is 343. The lowest BCUT2D eigenvalue weighted by Gasteiger charge is -2.46. The van der Waals surface area contributed by atoms with Gasteiger partial charge in [0.15, 0.2) is 30.4 Å². The number of carbonyl (C=O) groups is 1. The van der Waals surface area contributed by atoms with Crippen LogP contribution in [0, 0.1) is 0 Å². The zero-order chi connectivity index (χ0) is 55.3. The maximum absolute atomic E-state index is 14.2. The quantitative estimate of drug-likeness (QED) is 0.0691. The average molecular weight is 1080 g/mol. The van der Waals surface area contributed by atoms with Gasteiger partial charge < -0.3 is 0 Å². The lowest BCUT2D eigenvalue weighted by Crippen LogP contribution is -2.75. The molecule has 0 aliphatic carbocycles. The molecule has 0 radical (unpaired) electrons. The van der Waals surface area contributed by atoms with Crippen LogP contribution in [0.1, 0.15) is 67.5 Å². The molecule has 6 rings (SSSR count). The van der Waals surface area contributed by atoms with Crippen molar-refractivity contribution in [3.8, 4) is 0 Å². The van der Waals surface area contributed by atoms with Gasteiger partial charge in [0.05, 0.1) is 50.7 Å². The van der Waals surface area contributed by atoms with Crippen LogP contribution in [0.25, 0.3) is 0 Å². The topological polar surface area (TPSA) is 33.8 Å². The maximum Gasteiger partial charge on any atom is 0.416 e. The molecule has 392 valence electrons. The first kappa shape index (κ1) is 57.1. The summed E-state index contributed by atoms with van der Waals surface area (Å²) in [5.41, 5.74) is -28.5. The molecule has 0 unspecified atom stereocenters. The van der Waals surface area contributed by atoms with E-state index in [-0.39, 0.29) is 5.78 Å². The maximum atomic E-state index is 14.2. The molecule has 0 aliphatic heterocycles. The van der Waals surface area contributed by atoms with E-state index in [0.29, 0.717) is 5.69 Å². The van der Waals surface area contributed by atoms with Crippen molar-refractivity contribution in [3.63, 3.8) is 0 Å². The third kappa shape index (κ3) is 13.5. The summed E-state index contributed by atoms with van der Waals surface area (Å²) in [5, 5.41) is 0. The number of alkyl halides is 24. The van der Waals surface area contributed by atoms with Crippen molar-refractivity contribution >= 4 is 33.8 Å². The van der Waals surface area contributed by atoms with Crippen LogP contribution in [0.4, 0.5) is 105 Å². The Morgan fingerprint density at radius 3 is 0.877 bits per heavy atom. The molecule has 5 aromatic carbocycles. The fraction of sp³-hybridized carbons (Fsp3) is 0.222. The number of carbonyl (C=O) groups excluding carboxylic acids is 1. The van der Waals surface area contributed by atoms with Crippen LogP contribution in [0.15, 0.2) is 122 Å². The molecule has 0 saturated carbocycles. The third-order valence-electron chi connectivity index (χ3n) is 10.8. The Hall–Kier alpha value is -6.77. The van der Waals surface area contributed by atoms with Gasteiger partial charge in [-0.2, -0.15) is 132 Å². The first-order chi connectivity index (χ1) is 33.0. The van der Waals surface area contributed by atoms with E-state index in [2.05, 4.69) is 17.1 Å². The van der Waals surface area contributed by atoms with Crippen LogP contribution >= 0.6 is 0 Å². The molecular formula is C45H25BF24N2O. The van der Waals surface area contributed by atoms with Gasteiger partial charge in [0.2, 0.25) is 0 Å². The Morgan fingerprint density at radius 1 is 0.411 bits per heavy atom. The molecule has 3 nitrogen and oxygen atoms in total. The van der Waals surface area contributed by atoms with E-state index < -0.39 is 195 Å². The number of halogens is 24. The highest BCUT2D eigenvalue weighted by atomic mass is 19.4. The zero-order valence-corrected chi connectivity index (χ0v) is 35.7. The Bertz CT molecular complexity index is 2520. The molecule has 0 N–H and O–H groups in total. The normalized spacial score (nSPS) is 13.4. The van der Waals surface area contributed by atoms with Gasteiger partial charge in [0.1, 0.15) is 6.15 Å². The molecule has 0 fully saturated rings. The van der Waals surface area contributed by atoms with Crippen LogP contribution in [-0.4, -0.2) is 16.9 Å². The lowest BCUT2D eigenvalue weighted by atomic mass is 9.12. The SMILES string of the molecule is CC(=O)c1c[n+](Cc2ccccc2)ccn1.FC(F)(F)c1cc([B-](c2cc(C(F)(F)F)cc(C(F)(F)F)c2)(c2cc(C(F)(F)F)cc(C(F)(F)F)c2)c2cc(C(F)(F)F)cc(C(F)(F)F)c2)cc(C(F)(F)F)c1. The minimum Gasteiger partial charge on any atom is -0.293 e. The van der Waals surface area contributed by atoms with E-state index in [0.717, 1.165) is 6.54 Å². The molecule has 0 bridgehead atoms. The number of rotatable bonds is 7. The third-order valence-corrected chi connectivity index (χ3v) is 10.8. The predicted molar refractivity (Wildman–Crippen MR) is 210 cm³/mol. The number of aromatic nitrogens is 2. The minimum absolute atomic E-state index is 0.0117. The summed E-state index contributed by atoms with van der Waals surface area (Å²) in [6, 6.07) is 1.30. The largest absolute Gasteiger partial charge is 0.416 e. The molecule has 0 atom stereocenters. The number of nitrogens with zero attached hydrogens (tertiary/aromatic N) is 2. The molecule has 0 amide bonds. The van der Waals surface area contributed by atoms with Crippen molar-refractivity contribution < 1.29 is 115 Å². The monoisotopic (exact) mass is 1080 g/mol. The van der Waals surface area contributed by atoms with Gasteiger partial charge in [-0.1, -0.05) is 78.9 Å². The number of hydrogen-bond donors (Lipinski definition) is 0. The first-order valence-electron chi connectivity index (χ1n) is 19.8. The first-order valence-corrected chi connectivity index (χ1v) is 19.8. The van der Waals surface area contributed by atoms with Crippen LogP contribution < -0.4 is 26.4 Å². The fourth-order valence-corrected chi connectivity index (χ4v) is 7.58. The predicted octanol–water partition coefficient (Wildman–Crippen LogP) is 12.8. The number of ketones is 1. The highest BCUT2D eigenvalue weighted by Crippen LogP contribution is 2.41. The summed E-state index contributed by atoms with van der Waals surface area (Å²) in [7, 11) is 0. The van der Waals surface area contributed by atoms with Crippen molar-refractivity contribution in [1.82, 2.24) is 4.98 Å². The molecule has 6 aromatic rings. The second kappa shape index (κ2) is 19.6. The molecule has 0 aliphatic rings. The summed E-state index contributed by atoms with van der Waals surface area (Å²) in [4.78, 5) is 15.2. The van der Waals surface area contributed by atoms with Crippen molar-refractivity contribution in [1.29, 1.82) is 0 Å². The van der Waals surface area contributed by atoms with Gasteiger partial charge in [-0.3, -0.25) is 4.79 Å². The molecular weight excluding hydrogens is 1050 g/mol. The number of benzene rings is 5. The second-order valence-electron chi connectivity index (χ2n) is 15.9. The Balaban J connectivity index is 0.000000520. The van der Waals surface area contributed by atoms with Gasteiger partial charge in [-0.05, 0) is 24.3 Å². The highest BCUT2D eigenvalue weighted by molar-refractivity contribution is 7.20. The van der Waals surface area contributed by atoms with Crippen LogP contribution in [-0.2, 0) is 56.0 Å². The van der Waals surface area contributed by atoms with Crippen molar-refractivity contribution in [2.45, 2.75) is 62.9 Å². The lowest BCUT2D eigenvalue weighted by molar-refractivity contribution is -0.689. The molecule has 0 spiro atoms. The minimum atomic E-state index is -6.13. The molecule has 1 heterocycles. The van der Waals surface area contributed by atoms with E-state index in [1.807, 2.05) is 29.0 Å². The summed E-state index contributed by atoms with van der Waals surface area (Å²) >= 11 is 0. The highest BCUT2D eigenvalue weighted by Gasteiger charge is 2.47. The van der Waals surface area contributed by atoms with Crippen molar-refractivity contribution in [3.05, 3.63) is 177 Å². The molecule has 73 heavy (non-hydrogen) atoms. The molecule has 0 saturated heterocycles. The van der Waals surface area contributed by atoms with E-state index in [4.69, 9.17) is 0 Å². The zero-order valence-electron chi connectivity index (χ0n) is 35.7. The number of hydrogen-bond acceptors (Lipinski definition) is 2. The summed E-state index contributed by atoms with van der Waals surface area (Å²) in [6.45, 7) is 2.28. The number of Topliss-reactive ketones (excluding diaryl/α,β-unsaturated/α-hetero) is 1. The Morgan fingerprint density at radius 2 is 0.658 bits per heavy atom. The Labute approximate surface area is 393 Å². The summed E-state index contributed by atoms with van der Waals surface area (Å²) in [6.07, 6.45) is -49.5. The second-order valence-corrected chi connectivity index (χ2v) is 15.9. The van der Waals surface area contributed by atoms with Gasteiger partial charge in [-0.15, -0.1) is 0 Å². The van der Waals surface area contributed by atoms with Gasteiger partial charge in [-0.25, -0.2) is 4.98 Å².